The van der Waals surface area contributed by atoms with Gasteiger partial charge in [0.05, 0.1) is 0 Å². The average Bonchev–Trinajstić information content (AvgIpc) is 2.32. The first-order chi connectivity index (χ1) is 8.49. The van der Waals surface area contributed by atoms with Gasteiger partial charge < -0.3 is 10.6 Å². The van der Waals surface area contributed by atoms with Crippen molar-refractivity contribution < 1.29 is 4.79 Å². The number of nitrogens with two attached hydrogens (primary N) is 1. The van der Waals surface area contributed by atoms with Crippen molar-refractivity contribution >= 4 is 5.91 Å². The Bertz CT molecular complexity index is 456. The summed E-state index contributed by atoms with van der Waals surface area (Å²) in [5.74, 6) is 0.137. The van der Waals surface area contributed by atoms with Gasteiger partial charge in [0.1, 0.15) is 0 Å². The molecule has 3 heteroatoms. The van der Waals surface area contributed by atoms with Crippen LogP contribution in [-0.4, -0.2) is 29.4 Å². The average molecular weight is 246 g/mol. The molecule has 0 saturated carbocycles. The van der Waals surface area contributed by atoms with E-state index < -0.39 is 0 Å². The molecule has 0 unspecified atom stereocenters. The van der Waals surface area contributed by atoms with Crippen LogP contribution in [0, 0.1) is 13.8 Å². The first-order valence-electron chi connectivity index (χ1n) is 6.63. The van der Waals surface area contributed by atoms with Crippen molar-refractivity contribution in [2.45, 2.75) is 45.7 Å². The standard InChI is InChI=1S/C15H22N2O/c1-10-4-5-13(8-11(10)2)15(18)17-7-6-14(16)9-12(17)3/h4-5,8,12,14H,6-7,9,16H2,1-3H3/t12-,14+/m1/s1. The fourth-order valence-corrected chi connectivity index (χ4v) is 2.55. The van der Waals surface area contributed by atoms with Gasteiger partial charge in [0.25, 0.3) is 5.91 Å². The molecule has 0 aromatic heterocycles. The lowest BCUT2D eigenvalue weighted by atomic mass is 9.97. The van der Waals surface area contributed by atoms with Gasteiger partial charge in [0.2, 0.25) is 0 Å². The topological polar surface area (TPSA) is 46.3 Å². The quantitative estimate of drug-likeness (QED) is 0.826. The van der Waals surface area contributed by atoms with Crippen molar-refractivity contribution in [3.63, 3.8) is 0 Å². The highest BCUT2D eigenvalue weighted by atomic mass is 16.2. The van der Waals surface area contributed by atoms with Gasteiger partial charge in [0, 0.05) is 24.2 Å². The van der Waals surface area contributed by atoms with E-state index >= 15 is 0 Å². The summed E-state index contributed by atoms with van der Waals surface area (Å²) in [5, 5.41) is 0. The molecule has 0 spiro atoms. The van der Waals surface area contributed by atoms with E-state index in [0.717, 1.165) is 24.9 Å². The van der Waals surface area contributed by atoms with Crippen LogP contribution in [0.15, 0.2) is 18.2 Å². The lowest BCUT2D eigenvalue weighted by Gasteiger charge is -2.36. The number of carbonyl (C=O) groups is 1. The molecule has 0 bridgehead atoms. The van der Waals surface area contributed by atoms with Crippen LogP contribution in [0.25, 0.3) is 0 Å². The lowest BCUT2D eigenvalue weighted by molar-refractivity contribution is 0.0619. The van der Waals surface area contributed by atoms with Crippen molar-refractivity contribution in [2.75, 3.05) is 6.54 Å². The molecule has 1 saturated heterocycles. The van der Waals surface area contributed by atoms with Gasteiger partial charge in [-0.1, -0.05) is 6.07 Å². The van der Waals surface area contributed by atoms with E-state index in [9.17, 15) is 4.79 Å². The van der Waals surface area contributed by atoms with Crippen LogP contribution in [0.1, 0.15) is 41.3 Å². The number of rotatable bonds is 1. The minimum atomic E-state index is 0.137. The van der Waals surface area contributed by atoms with Gasteiger partial charge in [-0.3, -0.25) is 4.79 Å². The SMILES string of the molecule is Cc1ccc(C(=O)N2CC[C@H](N)C[C@H]2C)cc1C. The normalized spacial score (nSPS) is 24.1. The summed E-state index contributed by atoms with van der Waals surface area (Å²) < 4.78 is 0. The summed E-state index contributed by atoms with van der Waals surface area (Å²) in [4.78, 5) is 14.4. The Kier molecular flexibility index (Phi) is 3.71. The van der Waals surface area contributed by atoms with E-state index in [1.807, 2.05) is 30.0 Å². The molecule has 1 aliphatic heterocycles. The van der Waals surface area contributed by atoms with Crippen LogP contribution in [0.3, 0.4) is 0 Å². The third kappa shape index (κ3) is 2.56. The van der Waals surface area contributed by atoms with Crippen LogP contribution in [-0.2, 0) is 0 Å². The highest BCUT2D eigenvalue weighted by Gasteiger charge is 2.27. The minimum Gasteiger partial charge on any atom is -0.336 e. The number of amides is 1. The monoisotopic (exact) mass is 246 g/mol. The maximum Gasteiger partial charge on any atom is 0.254 e. The molecule has 1 amide bonds. The Morgan fingerprint density at radius 3 is 2.67 bits per heavy atom. The largest absolute Gasteiger partial charge is 0.336 e. The molecule has 2 atom stereocenters. The van der Waals surface area contributed by atoms with Gasteiger partial charge in [-0.2, -0.15) is 0 Å². The summed E-state index contributed by atoms with van der Waals surface area (Å²) in [6, 6.07) is 6.40. The third-order valence-electron chi connectivity index (χ3n) is 3.93. The van der Waals surface area contributed by atoms with Crippen LogP contribution >= 0.6 is 0 Å². The second-order valence-corrected chi connectivity index (χ2v) is 5.43. The smallest absolute Gasteiger partial charge is 0.254 e. The minimum absolute atomic E-state index is 0.137. The fraction of sp³-hybridized carbons (Fsp3) is 0.533. The van der Waals surface area contributed by atoms with Crippen molar-refractivity contribution in [3.8, 4) is 0 Å². The Balaban J connectivity index is 2.18. The van der Waals surface area contributed by atoms with Crippen LogP contribution in [0.4, 0.5) is 0 Å². The molecule has 0 aliphatic carbocycles. The molecule has 0 radical (unpaired) electrons. The molecule has 1 fully saturated rings. The molecular weight excluding hydrogens is 224 g/mol. The summed E-state index contributed by atoms with van der Waals surface area (Å²) in [7, 11) is 0. The summed E-state index contributed by atoms with van der Waals surface area (Å²) in [5.41, 5.74) is 9.12. The predicted molar refractivity (Wildman–Crippen MR) is 73.6 cm³/mol. The molecule has 2 rings (SSSR count). The van der Waals surface area contributed by atoms with Gasteiger partial charge in [-0.15, -0.1) is 0 Å². The van der Waals surface area contributed by atoms with Crippen molar-refractivity contribution in [1.82, 2.24) is 4.90 Å². The van der Waals surface area contributed by atoms with E-state index in [0.29, 0.717) is 0 Å². The highest BCUT2D eigenvalue weighted by Crippen LogP contribution is 2.20. The number of benzene rings is 1. The molecule has 2 N–H and O–H groups in total. The van der Waals surface area contributed by atoms with Crippen molar-refractivity contribution in [1.29, 1.82) is 0 Å². The second kappa shape index (κ2) is 5.11. The van der Waals surface area contributed by atoms with Crippen molar-refractivity contribution in [2.24, 2.45) is 5.73 Å². The van der Waals surface area contributed by atoms with E-state index in [-0.39, 0.29) is 18.0 Å². The Morgan fingerprint density at radius 2 is 2.06 bits per heavy atom. The Hall–Kier alpha value is -1.35. The van der Waals surface area contributed by atoms with Gasteiger partial charge in [0.15, 0.2) is 0 Å². The molecule has 1 aromatic carbocycles. The third-order valence-corrected chi connectivity index (χ3v) is 3.93. The predicted octanol–water partition coefficient (Wildman–Crippen LogP) is 2.26. The van der Waals surface area contributed by atoms with E-state index in [1.54, 1.807) is 0 Å². The molecular formula is C15H22N2O. The van der Waals surface area contributed by atoms with Crippen LogP contribution in [0.2, 0.25) is 0 Å². The zero-order valence-corrected chi connectivity index (χ0v) is 11.4. The van der Waals surface area contributed by atoms with Gasteiger partial charge >= 0.3 is 0 Å². The number of carbonyl (C=O) groups excluding carboxylic acids is 1. The number of hydrogen-bond donors (Lipinski definition) is 1. The van der Waals surface area contributed by atoms with Gasteiger partial charge in [-0.05, 0) is 56.9 Å². The maximum atomic E-state index is 12.5. The number of aryl methyl sites for hydroxylation is 2. The van der Waals surface area contributed by atoms with Crippen LogP contribution in [0.5, 0.6) is 0 Å². The Morgan fingerprint density at radius 1 is 1.33 bits per heavy atom. The molecule has 1 aromatic rings. The maximum absolute atomic E-state index is 12.5. The zero-order chi connectivity index (χ0) is 13.3. The summed E-state index contributed by atoms with van der Waals surface area (Å²) in [6.45, 7) is 6.96. The zero-order valence-electron chi connectivity index (χ0n) is 11.4. The Labute approximate surface area is 109 Å². The summed E-state index contributed by atoms with van der Waals surface area (Å²) >= 11 is 0. The van der Waals surface area contributed by atoms with Crippen LogP contribution < -0.4 is 5.73 Å². The molecule has 1 heterocycles. The van der Waals surface area contributed by atoms with Gasteiger partial charge in [-0.25, -0.2) is 0 Å². The fourth-order valence-electron chi connectivity index (χ4n) is 2.55. The molecule has 1 aliphatic rings. The molecule has 18 heavy (non-hydrogen) atoms. The molecule has 98 valence electrons. The number of likely N-dealkylation sites (tertiary alicyclic amines) is 1. The summed E-state index contributed by atoms with van der Waals surface area (Å²) in [6.07, 6.45) is 1.80. The highest BCUT2D eigenvalue weighted by molar-refractivity contribution is 5.94. The second-order valence-electron chi connectivity index (χ2n) is 5.43. The first kappa shape index (κ1) is 13.1. The van der Waals surface area contributed by atoms with E-state index in [1.165, 1.54) is 11.1 Å². The van der Waals surface area contributed by atoms with E-state index in [2.05, 4.69) is 13.8 Å². The number of piperidine rings is 1. The molecule has 3 nitrogen and oxygen atoms in total. The number of nitrogens with zero attached hydrogens (tertiary/aromatic N) is 1. The van der Waals surface area contributed by atoms with E-state index in [4.69, 9.17) is 5.73 Å². The number of hydrogen-bond acceptors (Lipinski definition) is 2. The first-order valence-corrected chi connectivity index (χ1v) is 6.63. The lowest BCUT2D eigenvalue weighted by Crippen LogP contribution is -2.48. The van der Waals surface area contributed by atoms with Crippen molar-refractivity contribution in [3.05, 3.63) is 34.9 Å².